The second-order valence-corrected chi connectivity index (χ2v) is 5.84. The number of nitrogens with two attached hydrogens (primary N) is 1. The lowest BCUT2D eigenvalue weighted by atomic mass is 10.0. The summed E-state index contributed by atoms with van der Waals surface area (Å²) in [6, 6.07) is 1.81. The third kappa shape index (κ3) is 4.67. The average Bonchev–Trinajstić information content (AvgIpc) is 2.41. The maximum Gasteiger partial charge on any atom is 0.326 e. The van der Waals surface area contributed by atoms with Crippen LogP contribution in [0.25, 0.3) is 0 Å². The summed E-state index contributed by atoms with van der Waals surface area (Å²) in [6.07, 6.45) is 1.20. The molecule has 126 valence electrons. The van der Waals surface area contributed by atoms with Gasteiger partial charge in [-0.1, -0.05) is 0 Å². The van der Waals surface area contributed by atoms with Crippen LogP contribution in [0.3, 0.4) is 0 Å². The zero-order chi connectivity index (χ0) is 17.8. The third-order valence-electron chi connectivity index (χ3n) is 3.52. The predicted molar refractivity (Wildman–Crippen MR) is 82.8 cm³/mol. The molecule has 0 fully saturated rings. The Morgan fingerprint density at radius 1 is 1.39 bits per heavy atom. The lowest BCUT2D eigenvalue weighted by Gasteiger charge is -2.28. The molecule has 0 saturated carbocycles. The van der Waals surface area contributed by atoms with Crippen LogP contribution in [0.15, 0.2) is 23.1 Å². The standard InChI is InChI=1S/C15H21N3O5/c1-9-6-7-18(12(20)8-9)15(2,3)14(23)17-10(13(21)22)4-5-11(16)19/h6-8,10H,4-5H2,1-3H3,(H2,16,19)(H,17,23)(H,21,22). The summed E-state index contributed by atoms with van der Waals surface area (Å²) in [5.41, 5.74) is 4.10. The van der Waals surface area contributed by atoms with E-state index in [0.717, 1.165) is 5.56 Å². The van der Waals surface area contributed by atoms with Crippen LogP contribution in [0, 0.1) is 6.92 Å². The van der Waals surface area contributed by atoms with Gasteiger partial charge in [0.25, 0.3) is 5.56 Å². The van der Waals surface area contributed by atoms with Gasteiger partial charge in [0.15, 0.2) is 0 Å². The van der Waals surface area contributed by atoms with E-state index in [0.29, 0.717) is 0 Å². The summed E-state index contributed by atoms with van der Waals surface area (Å²) in [7, 11) is 0. The molecule has 1 aromatic rings. The number of carbonyl (C=O) groups excluding carboxylic acids is 2. The predicted octanol–water partition coefficient (Wildman–Crippen LogP) is -0.273. The second kappa shape index (κ2) is 7.08. The van der Waals surface area contributed by atoms with Crippen molar-refractivity contribution >= 4 is 17.8 Å². The van der Waals surface area contributed by atoms with Gasteiger partial charge >= 0.3 is 5.97 Å². The van der Waals surface area contributed by atoms with Gasteiger partial charge in [-0.05, 0) is 38.8 Å². The van der Waals surface area contributed by atoms with Gasteiger partial charge in [0.2, 0.25) is 11.8 Å². The first-order chi connectivity index (χ1) is 10.6. The van der Waals surface area contributed by atoms with E-state index >= 15 is 0 Å². The minimum atomic E-state index is -1.29. The summed E-state index contributed by atoms with van der Waals surface area (Å²) < 4.78 is 1.22. The van der Waals surface area contributed by atoms with Crippen LogP contribution in [0.4, 0.5) is 0 Å². The van der Waals surface area contributed by atoms with E-state index in [9.17, 15) is 19.2 Å². The zero-order valence-electron chi connectivity index (χ0n) is 13.3. The first-order valence-corrected chi connectivity index (χ1v) is 7.07. The smallest absolute Gasteiger partial charge is 0.326 e. The van der Waals surface area contributed by atoms with Crippen molar-refractivity contribution in [3.63, 3.8) is 0 Å². The van der Waals surface area contributed by atoms with E-state index in [1.807, 2.05) is 0 Å². The van der Waals surface area contributed by atoms with Crippen LogP contribution in [-0.4, -0.2) is 33.5 Å². The van der Waals surface area contributed by atoms with Crippen molar-refractivity contribution in [3.05, 3.63) is 34.2 Å². The van der Waals surface area contributed by atoms with Crippen molar-refractivity contribution in [2.24, 2.45) is 5.73 Å². The number of aliphatic carboxylic acids is 1. The third-order valence-corrected chi connectivity index (χ3v) is 3.52. The Morgan fingerprint density at radius 2 is 2.00 bits per heavy atom. The Balaban J connectivity index is 2.98. The molecule has 0 aliphatic rings. The van der Waals surface area contributed by atoms with Crippen molar-refractivity contribution < 1.29 is 19.5 Å². The van der Waals surface area contributed by atoms with Gasteiger partial charge in [0, 0.05) is 18.7 Å². The SMILES string of the molecule is Cc1ccn(C(C)(C)C(=O)NC(CCC(N)=O)C(=O)O)c(=O)c1. The normalized spacial score (nSPS) is 12.5. The highest BCUT2D eigenvalue weighted by atomic mass is 16.4. The van der Waals surface area contributed by atoms with Crippen LogP contribution in [0.2, 0.25) is 0 Å². The fraction of sp³-hybridized carbons (Fsp3) is 0.467. The Morgan fingerprint density at radius 3 is 2.48 bits per heavy atom. The Kier molecular flexibility index (Phi) is 5.67. The maximum absolute atomic E-state index is 12.4. The summed E-state index contributed by atoms with van der Waals surface area (Å²) in [5.74, 6) is -2.56. The number of aryl methyl sites for hydroxylation is 1. The highest BCUT2D eigenvalue weighted by molar-refractivity contribution is 5.88. The molecule has 1 atom stereocenters. The van der Waals surface area contributed by atoms with Gasteiger partial charge in [-0.25, -0.2) is 4.79 Å². The zero-order valence-corrected chi connectivity index (χ0v) is 13.3. The van der Waals surface area contributed by atoms with E-state index in [4.69, 9.17) is 10.8 Å². The molecule has 23 heavy (non-hydrogen) atoms. The van der Waals surface area contributed by atoms with E-state index in [2.05, 4.69) is 5.32 Å². The number of carboxylic acids is 1. The fourth-order valence-corrected chi connectivity index (χ4v) is 2.03. The van der Waals surface area contributed by atoms with Crippen molar-refractivity contribution in [1.82, 2.24) is 9.88 Å². The van der Waals surface area contributed by atoms with Gasteiger partial charge in [-0.2, -0.15) is 0 Å². The summed E-state index contributed by atoms with van der Waals surface area (Å²) in [6.45, 7) is 4.77. The van der Waals surface area contributed by atoms with Gasteiger partial charge < -0.3 is 20.7 Å². The minimum absolute atomic E-state index is 0.116. The lowest BCUT2D eigenvalue weighted by molar-refractivity contribution is -0.143. The van der Waals surface area contributed by atoms with Gasteiger partial charge in [0.1, 0.15) is 11.6 Å². The van der Waals surface area contributed by atoms with Crippen LogP contribution < -0.4 is 16.6 Å². The van der Waals surface area contributed by atoms with Crippen molar-refractivity contribution in [2.75, 3.05) is 0 Å². The monoisotopic (exact) mass is 323 g/mol. The van der Waals surface area contributed by atoms with E-state index in [-0.39, 0.29) is 18.4 Å². The molecule has 0 saturated heterocycles. The molecule has 1 rings (SSSR count). The Hall–Kier alpha value is -2.64. The largest absolute Gasteiger partial charge is 0.480 e. The molecular weight excluding hydrogens is 302 g/mol. The molecule has 1 aromatic heterocycles. The van der Waals surface area contributed by atoms with E-state index in [1.54, 1.807) is 13.0 Å². The molecule has 8 nitrogen and oxygen atoms in total. The molecule has 4 N–H and O–H groups in total. The molecule has 0 spiro atoms. The topological polar surface area (TPSA) is 131 Å². The Bertz CT molecular complexity index is 678. The molecule has 8 heteroatoms. The van der Waals surface area contributed by atoms with Crippen LogP contribution >= 0.6 is 0 Å². The first-order valence-electron chi connectivity index (χ1n) is 7.07. The number of aromatic nitrogens is 1. The number of nitrogens with one attached hydrogen (secondary N) is 1. The number of carbonyl (C=O) groups is 3. The summed E-state index contributed by atoms with van der Waals surface area (Å²) in [5, 5.41) is 11.5. The summed E-state index contributed by atoms with van der Waals surface area (Å²) >= 11 is 0. The minimum Gasteiger partial charge on any atom is -0.480 e. The highest BCUT2D eigenvalue weighted by Crippen LogP contribution is 2.14. The van der Waals surface area contributed by atoms with Crippen molar-refractivity contribution in [2.45, 2.75) is 45.2 Å². The number of hydrogen-bond donors (Lipinski definition) is 3. The van der Waals surface area contributed by atoms with Crippen LogP contribution in [0.5, 0.6) is 0 Å². The highest BCUT2D eigenvalue weighted by Gasteiger charge is 2.33. The molecular formula is C15H21N3O5. The lowest BCUT2D eigenvalue weighted by Crippen LogP contribution is -2.53. The summed E-state index contributed by atoms with van der Waals surface area (Å²) in [4.78, 5) is 46.4. The number of hydrogen-bond acceptors (Lipinski definition) is 4. The molecule has 2 amide bonds. The Labute approximate surface area is 133 Å². The number of amides is 2. The number of primary amides is 1. The molecule has 0 aliphatic heterocycles. The average molecular weight is 323 g/mol. The number of rotatable bonds is 7. The number of carboxylic acid groups (broad SMARTS) is 1. The number of nitrogens with zero attached hydrogens (tertiary/aromatic N) is 1. The maximum atomic E-state index is 12.4. The van der Waals surface area contributed by atoms with Gasteiger partial charge in [-0.3, -0.25) is 14.4 Å². The fourth-order valence-electron chi connectivity index (χ4n) is 2.03. The van der Waals surface area contributed by atoms with E-state index in [1.165, 1.54) is 30.7 Å². The van der Waals surface area contributed by atoms with Gasteiger partial charge in [0.05, 0.1) is 0 Å². The van der Waals surface area contributed by atoms with Gasteiger partial charge in [-0.15, -0.1) is 0 Å². The quantitative estimate of drug-likeness (QED) is 0.635. The second-order valence-electron chi connectivity index (χ2n) is 5.84. The first kappa shape index (κ1) is 18.4. The molecule has 0 aliphatic carbocycles. The van der Waals surface area contributed by atoms with Crippen LogP contribution in [-0.2, 0) is 19.9 Å². The number of pyridine rings is 1. The van der Waals surface area contributed by atoms with Crippen molar-refractivity contribution in [3.8, 4) is 0 Å². The molecule has 0 aromatic carbocycles. The molecule has 0 radical (unpaired) electrons. The van der Waals surface area contributed by atoms with Crippen molar-refractivity contribution in [1.29, 1.82) is 0 Å². The van der Waals surface area contributed by atoms with Crippen LogP contribution in [0.1, 0.15) is 32.3 Å². The molecule has 1 heterocycles. The molecule has 0 bridgehead atoms. The molecule has 1 unspecified atom stereocenters. The van der Waals surface area contributed by atoms with E-state index < -0.39 is 29.4 Å².